The lowest BCUT2D eigenvalue weighted by atomic mass is 10.1. The number of ether oxygens (including phenoxy) is 1. The largest absolute Gasteiger partial charge is 0.496 e. The maximum Gasteiger partial charge on any atom is 0.223 e. The maximum absolute atomic E-state index is 12.0. The molecular weight excluding hydrogens is 424 g/mol. The number of imidazole rings is 1. The van der Waals surface area contributed by atoms with E-state index in [9.17, 15) is 4.79 Å². The molecule has 0 radical (unpaired) electrons. The highest BCUT2D eigenvalue weighted by Crippen LogP contribution is 2.19. The van der Waals surface area contributed by atoms with Crippen molar-refractivity contribution in [2.75, 3.05) is 26.7 Å². The molecule has 1 aromatic heterocycles. The molecule has 0 bridgehead atoms. The molecule has 0 unspecified atom stereocenters. The number of aromatic nitrogens is 2. The Morgan fingerprint density at radius 2 is 1.85 bits per heavy atom. The molecule has 0 saturated carbocycles. The Labute approximate surface area is 203 Å². The summed E-state index contributed by atoms with van der Waals surface area (Å²) in [6.45, 7) is 4.79. The van der Waals surface area contributed by atoms with E-state index < -0.39 is 0 Å². The van der Waals surface area contributed by atoms with E-state index in [1.165, 1.54) is 11.1 Å². The van der Waals surface area contributed by atoms with Gasteiger partial charge in [0.2, 0.25) is 5.91 Å². The predicted octanol–water partition coefficient (Wildman–Crippen LogP) is 4.71. The summed E-state index contributed by atoms with van der Waals surface area (Å²) in [5.74, 6) is 1.01. The Kier molecular flexibility index (Phi) is 10.4. The Morgan fingerprint density at radius 1 is 1.06 bits per heavy atom. The Balaban J connectivity index is 1.19. The molecule has 0 spiro atoms. The third-order valence-corrected chi connectivity index (χ3v) is 5.69. The van der Waals surface area contributed by atoms with E-state index in [2.05, 4.69) is 34.7 Å². The van der Waals surface area contributed by atoms with Crippen molar-refractivity contribution in [2.45, 2.75) is 39.0 Å². The van der Waals surface area contributed by atoms with E-state index in [0.717, 1.165) is 62.3 Å². The van der Waals surface area contributed by atoms with Crippen LogP contribution in [0.1, 0.15) is 42.4 Å². The highest BCUT2D eigenvalue weighted by molar-refractivity contribution is 5.78. The zero-order valence-electron chi connectivity index (χ0n) is 20.3. The molecular formula is C28H36N4O2. The summed E-state index contributed by atoms with van der Waals surface area (Å²) in [5.41, 5.74) is 4.67. The van der Waals surface area contributed by atoms with Gasteiger partial charge in [0.25, 0.3) is 0 Å². The van der Waals surface area contributed by atoms with E-state index in [0.29, 0.717) is 6.42 Å². The van der Waals surface area contributed by atoms with Crippen molar-refractivity contribution >= 4 is 12.0 Å². The fourth-order valence-electron chi connectivity index (χ4n) is 3.78. The minimum Gasteiger partial charge on any atom is -0.496 e. The van der Waals surface area contributed by atoms with Crippen LogP contribution in [0.25, 0.3) is 11.8 Å². The van der Waals surface area contributed by atoms with Crippen molar-refractivity contribution < 1.29 is 9.53 Å². The summed E-state index contributed by atoms with van der Waals surface area (Å²) in [4.78, 5) is 16.1. The monoisotopic (exact) mass is 460 g/mol. The van der Waals surface area contributed by atoms with Crippen molar-refractivity contribution in [2.24, 2.45) is 0 Å². The van der Waals surface area contributed by atoms with Crippen LogP contribution in [0.5, 0.6) is 5.75 Å². The Bertz CT molecular complexity index is 1030. The number of nitrogens with zero attached hydrogens (tertiary/aromatic N) is 2. The number of carbonyl (C=O) groups is 1. The second-order valence-corrected chi connectivity index (χ2v) is 8.38. The number of hydrogen-bond acceptors (Lipinski definition) is 4. The van der Waals surface area contributed by atoms with Crippen molar-refractivity contribution in [3.8, 4) is 11.4 Å². The highest BCUT2D eigenvalue weighted by Gasteiger charge is 2.01. The van der Waals surface area contributed by atoms with Crippen LogP contribution < -0.4 is 15.4 Å². The number of carbonyl (C=O) groups excluding carboxylic acids is 1. The van der Waals surface area contributed by atoms with E-state index >= 15 is 0 Å². The van der Waals surface area contributed by atoms with Crippen LogP contribution in [-0.2, 0) is 11.2 Å². The third-order valence-electron chi connectivity index (χ3n) is 5.69. The molecule has 0 aliphatic rings. The molecule has 2 N–H and O–H groups in total. The highest BCUT2D eigenvalue weighted by atomic mass is 16.5. The number of rotatable bonds is 14. The maximum atomic E-state index is 12.0. The summed E-state index contributed by atoms with van der Waals surface area (Å²) in [5, 5.41) is 6.49. The van der Waals surface area contributed by atoms with Crippen LogP contribution in [-0.4, -0.2) is 42.2 Å². The molecule has 180 valence electrons. The van der Waals surface area contributed by atoms with Gasteiger partial charge in [-0.3, -0.25) is 4.79 Å². The summed E-state index contributed by atoms with van der Waals surface area (Å²) in [6, 6.07) is 14.5. The first kappa shape index (κ1) is 25.2. The number of methoxy groups -OCH3 is 1. The summed E-state index contributed by atoms with van der Waals surface area (Å²) >= 11 is 0. The average Bonchev–Trinajstić information content (AvgIpc) is 3.39. The molecule has 6 nitrogen and oxygen atoms in total. The molecule has 0 atom stereocenters. The zero-order chi connectivity index (χ0) is 24.0. The van der Waals surface area contributed by atoms with Gasteiger partial charge in [0.1, 0.15) is 5.75 Å². The van der Waals surface area contributed by atoms with Crippen molar-refractivity contribution in [1.29, 1.82) is 0 Å². The zero-order valence-corrected chi connectivity index (χ0v) is 20.3. The molecule has 34 heavy (non-hydrogen) atoms. The van der Waals surface area contributed by atoms with Crippen LogP contribution in [0.2, 0.25) is 0 Å². The summed E-state index contributed by atoms with van der Waals surface area (Å²) in [6.07, 6.45) is 13.9. The first-order valence-electron chi connectivity index (χ1n) is 12.0. The lowest BCUT2D eigenvalue weighted by molar-refractivity contribution is -0.120. The minimum atomic E-state index is 0.0639. The lowest BCUT2D eigenvalue weighted by Gasteiger charge is -2.08. The molecule has 0 fully saturated rings. The fourth-order valence-corrected chi connectivity index (χ4v) is 3.78. The van der Waals surface area contributed by atoms with Gasteiger partial charge in [0.05, 0.1) is 13.4 Å². The van der Waals surface area contributed by atoms with Gasteiger partial charge in [-0.05, 0) is 80.6 Å². The van der Waals surface area contributed by atoms with Crippen LogP contribution in [0.15, 0.2) is 67.3 Å². The average molecular weight is 461 g/mol. The third kappa shape index (κ3) is 8.52. The lowest BCUT2D eigenvalue weighted by Crippen LogP contribution is -2.24. The van der Waals surface area contributed by atoms with Gasteiger partial charge >= 0.3 is 0 Å². The summed E-state index contributed by atoms with van der Waals surface area (Å²) < 4.78 is 7.27. The standard InChI is InChI=1S/C28H36N4O2/c1-23-21-25(12-15-27(23)34-2)8-6-17-29-16-3-4-18-31-28(33)9-5-7-24-10-13-26(14-11-24)32-20-19-30-22-32/h5,7,10-15,19-22,29H,3-4,6,8-9,16-18H2,1-2H3,(H,31,33)/b7-5+. The number of nitrogens with one attached hydrogen (secondary N) is 2. The van der Waals surface area contributed by atoms with Gasteiger partial charge in [-0.2, -0.15) is 0 Å². The van der Waals surface area contributed by atoms with Crippen molar-refractivity contribution in [3.63, 3.8) is 0 Å². The first-order valence-corrected chi connectivity index (χ1v) is 12.0. The van der Waals surface area contributed by atoms with Crippen LogP contribution in [0, 0.1) is 6.92 Å². The van der Waals surface area contributed by atoms with Crippen LogP contribution in [0.3, 0.4) is 0 Å². The number of aryl methyl sites for hydroxylation is 2. The van der Waals surface area contributed by atoms with E-state index in [1.54, 1.807) is 19.6 Å². The van der Waals surface area contributed by atoms with Gasteiger partial charge in [-0.15, -0.1) is 0 Å². The van der Waals surface area contributed by atoms with Gasteiger partial charge in [0, 0.05) is 31.0 Å². The fraction of sp³-hybridized carbons (Fsp3) is 0.357. The van der Waals surface area contributed by atoms with E-state index in [1.807, 2.05) is 53.2 Å². The smallest absolute Gasteiger partial charge is 0.223 e. The molecule has 0 saturated heterocycles. The summed E-state index contributed by atoms with van der Waals surface area (Å²) in [7, 11) is 1.71. The van der Waals surface area contributed by atoms with Gasteiger partial charge in [-0.25, -0.2) is 4.98 Å². The second-order valence-electron chi connectivity index (χ2n) is 8.38. The molecule has 0 aliphatic carbocycles. The molecule has 0 aliphatic heterocycles. The first-order chi connectivity index (χ1) is 16.7. The number of amides is 1. The van der Waals surface area contributed by atoms with Gasteiger partial charge in [0.15, 0.2) is 0 Å². The minimum absolute atomic E-state index is 0.0639. The van der Waals surface area contributed by atoms with Gasteiger partial charge in [-0.1, -0.05) is 36.4 Å². The Morgan fingerprint density at radius 3 is 2.59 bits per heavy atom. The second kappa shape index (κ2) is 14.0. The van der Waals surface area contributed by atoms with E-state index in [4.69, 9.17) is 4.74 Å². The Hall–Kier alpha value is -3.38. The van der Waals surface area contributed by atoms with Crippen molar-refractivity contribution in [1.82, 2.24) is 20.2 Å². The number of hydrogen-bond donors (Lipinski definition) is 2. The normalized spacial score (nSPS) is 11.1. The molecule has 3 aromatic rings. The molecule has 2 aromatic carbocycles. The SMILES string of the molecule is COc1ccc(CCCNCCCCNC(=O)C/C=C/c2ccc(-n3ccnc3)cc2)cc1C. The number of benzene rings is 2. The molecule has 1 amide bonds. The molecule has 6 heteroatoms. The van der Waals surface area contributed by atoms with Gasteiger partial charge < -0.3 is 19.9 Å². The van der Waals surface area contributed by atoms with Crippen molar-refractivity contribution in [3.05, 3.63) is 84.0 Å². The molecule has 3 rings (SSSR count). The van der Waals surface area contributed by atoms with Crippen LogP contribution in [0.4, 0.5) is 0 Å². The number of unbranched alkanes of at least 4 members (excludes halogenated alkanes) is 1. The molecule has 1 heterocycles. The van der Waals surface area contributed by atoms with E-state index in [-0.39, 0.29) is 5.91 Å². The quantitative estimate of drug-likeness (QED) is 0.342. The predicted molar refractivity (Wildman–Crippen MR) is 138 cm³/mol. The van der Waals surface area contributed by atoms with Crippen LogP contribution >= 0.6 is 0 Å². The topological polar surface area (TPSA) is 68.2 Å².